The molecular weight excluding hydrogens is 243 g/mol. The minimum absolute atomic E-state index is 0.334. The van der Waals surface area contributed by atoms with Crippen LogP contribution in [0, 0.1) is 5.82 Å². The Morgan fingerprint density at radius 3 is 2.71 bits per heavy atom. The number of hydrogen-bond donors (Lipinski definition) is 2. The highest BCUT2D eigenvalue weighted by molar-refractivity contribution is 6.30. The first kappa shape index (κ1) is 12.1. The van der Waals surface area contributed by atoms with Crippen LogP contribution in [-0.4, -0.2) is 15.1 Å². The van der Waals surface area contributed by atoms with Gasteiger partial charge in [0.15, 0.2) is 0 Å². The monoisotopic (exact) mass is 254 g/mol. The molecule has 0 saturated carbocycles. The molecule has 1 aromatic heterocycles. The van der Waals surface area contributed by atoms with Crippen LogP contribution >= 0.6 is 11.6 Å². The number of H-pyrrole nitrogens is 1. The van der Waals surface area contributed by atoms with E-state index in [4.69, 9.17) is 11.6 Å². The second-order valence-electron chi connectivity index (χ2n) is 4.33. The molecule has 0 aliphatic carbocycles. The topological polar surface area (TPSA) is 48.9 Å². The molecule has 90 valence electrons. The van der Waals surface area contributed by atoms with Crippen molar-refractivity contribution in [3.63, 3.8) is 0 Å². The van der Waals surface area contributed by atoms with Crippen LogP contribution in [0.25, 0.3) is 11.3 Å². The summed E-state index contributed by atoms with van der Waals surface area (Å²) in [4.78, 5) is 6.90. The lowest BCUT2D eigenvalue weighted by Crippen LogP contribution is -2.17. The third-order valence-electron chi connectivity index (χ3n) is 2.37. The minimum atomic E-state index is -1.09. The number of hydrogen-bond acceptors (Lipinski definition) is 2. The van der Waals surface area contributed by atoms with E-state index < -0.39 is 5.60 Å². The Morgan fingerprint density at radius 2 is 2.12 bits per heavy atom. The molecule has 0 bridgehead atoms. The van der Waals surface area contributed by atoms with Gasteiger partial charge in [-0.2, -0.15) is 0 Å². The number of benzene rings is 1. The SMILES string of the molecule is CC(C)(O)c1ncc(-c2cc(Cl)ccc2F)[nH]1. The van der Waals surface area contributed by atoms with Crippen LogP contribution in [0.15, 0.2) is 24.4 Å². The van der Waals surface area contributed by atoms with E-state index in [9.17, 15) is 9.50 Å². The van der Waals surface area contributed by atoms with Crippen molar-refractivity contribution in [1.82, 2.24) is 9.97 Å². The van der Waals surface area contributed by atoms with Gasteiger partial charge in [0.1, 0.15) is 17.2 Å². The van der Waals surface area contributed by atoms with Crippen LogP contribution in [0.4, 0.5) is 4.39 Å². The average Bonchev–Trinajstić information content (AvgIpc) is 2.70. The van der Waals surface area contributed by atoms with Gasteiger partial charge in [-0.1, -0.05) is 11.6 Å². The molecule has 1 heterocycles. The Kier molecular flexibility index (Phi) is 2.93. The van der Waals surface area contributed by atoms with Gasteiger partial charge in [0.2, 0.25) is 0 Å². The third kappa shape index (κ3) is 2.48. The zero-order chi connectivity index (χ0) is 12.6. The summed E-state index contributed by atoms with van der Waals surface area (Å²) in [6.07, 6.45) is 1.47. The summed E-state index contributed by atoms with van der Waals surface area (Å²) in [6.45, 7) is 3.20. The Bertz CT molecular complexity index is 546. The highest BCUT2D eigenvalue weighted by atomic mass is 35.5. The van der Waals surface area contributed by atoms with Gasteiger partial charge in [0.05, 0.1) is 11.9 Å². The molecule has 0 atom stereocenters. The van der Waals surface area contributed by atoms with Gasteiger partial charge in [0, 0.05) is 10.6 Å². The number of nitrogens with zero attached hydrogens (tertiary/aromatic N) is 1. The molecule has 3 nitrogen and oxygen atoms in total. The highest BCUT2D eigenvalue weighted by Gasteiger charge is 2.20. The van der Waals surface area contributed by atoms with Gasteiger partial charge in [-0.25, -0.2) is 9.37 Å². The quantitative estimate of drug-likeness (QED) is 0.865. The standard InChI is InChI=1S/C12H12ClFN2O/c1-12(2,17)11-15-6-10(16-11)8-5-7(13)3-4-9(8)14/h3-6,17H,1-2H3,(H,15,16). The molecule has 0 fully saturated rings. The Hall–Kier alpha value is -1.39. The van der Waals surface area contributed by atoms with E-state index in [1.807, 2.05) is 0 Å². The number of aromatic amines is 1. The number of imidazole rings is 1. The molecular formula is C12H12ClFN2O. The van der Waals surface area contributed by atoms with Crippen molar-refractivity contribution in [2.75, 3.05) is 0 Å². The molecule has 0 radical (unpaired) electrons. The number of halogens is 2. The molecule has 0 aliphatic rings. The molecule has 2 rings (SSSR count). The van der Waals surface area contributed by atoms with Crippen LogP contribution < -0.4 is 0 Å². The highest BCUT2D eigenvalue weighted by Crippen LogP contribution is 2.26. The second kappa shape index (κ2) is 4.13. The third-order valence-corrected chi connectivity index (χ3v) is 2.61. The predicted octanol–water partition coefficient (Wildman–Crippen LogP) is 3.10. The predicted molar refractivity (Wildman–Crippen MR) is 64.2 cm³/mol. The molecule has 2 aromatic rings. The zero-order valence-electron chi connectivity index (χ0n) is 9.46. The molecule has 2 N–H and O–H groups in total. The Labute approximate surface area is 103 Å². The maximum atomic E-state index is 13.6. The van der Waals surface area contributed by atoms with Crippen LogP contribution in [-0.2, 0) is 5.60 Å². The van der Waals surface area contributed by atoms with Crippen molar-refractivity contribution in [1.29, 1.82) is 0 Å². The summed E-state index contributed by atoms with van der Waals surface area (Å²) >= 11 is 5.81. The second-order valence-corrected chi connectivity index (χ2v) is 4.77. The minimum Gasteiger partial charge on any atom is -0.383 e. The van der Waals surface area contributed by atoms with Crippen LogP contribution in [0.1, 0.15) is 19.7 Å². The van der Waals surface area contributed by atoms with Crippen molar-refractivity contribution >= 4 is 11.6 Å². The molecule has 0 spiro atoms. The molecule has 0 saturated heterocycles. The van der Waals surface area contributed by atoms with E-state index in [1.54, 1.807) is 13.8 Å². The Morgan fingerprint density at radius 1 is 1.41 bits per heavy atom. The molecule has 5 heteroatoms. The van der Waals surface area contributed by atoms with Gasteiger partial charge in [0.25, 0.3) is 0 Å². The molecule has 0 amide bonds. The van der Waals surface area contributed by atoms with Crippen molar-refractivity contribution in [3.8, 4) is 11.3 Å². The van der Waals surface area contributed by atoms with E-state index in [0.717, 1.165) is 0 Å². The summed E-state index contributed by atoms with van der Waals surface area (Å²) in [5.74, 6) is -0.00720. The summed E-state index contributed by atoms with van der Waals surface area (Å²) < 4.78 is 13.6. The number of aromatic nitrogens is 2. The molecule has 0 aliphatic heterocycles. The van der Waals surface area contributed by atoms with E-state index >= 15 is 0 Å². The lowest BCUT2D eigenvalue weighted by Gasteiger charge is -2.13. The van der Waals surface area contributed by atoms with Crippen molar-refractivity contribution in [3.05, 3.63) is 41.1 Å². The van der Waals surface area contributed by atoms with Gasteiger partial charge < -0.3 is 10.1 Å². The van der Waals surface area contributed by atoms with Gasteiger partial charge in [-0.05, 0) is 32.0 Å². The lowest BCUT2D eigenvalue weighted by atomic mass is 10.1. The van der Waals surface area contributed by atoms with E-state index in [-0.39, 0.29) is 5.82 Å². The largest absolute Gasteiger partial charge is 0.383 e. The summed E-state index contributed by atoms with van der Waals surface area (Å²) in [5, 5.41) is 10.2. The number of aliphatic hydroxyl groups is 1. The van der Waals surface area contributed by atoms with Crippen molar-refractivity contribution in [2.45, 2.75) is 19.4 Å². The fourth-order valence-electron chi connectivity index (χ4n) is 1.47. The van der Waals surface area contributed by atoms with E-state index in [2.05, 4.69) is 9.97 Å². The average molecular weight is 255 g/mol. The van der Waals surface area contributed by atoms with Crippen molar-refractivity contribution in [2.24, 2.45) is 0 Å². The number of rotatable bonds is 2. The fourth-order valence-corrected chi connectivity index (χ4v) is 1.65. The Balaban J connectivity index is 2.47. The van der Waals surface area contributed by atoms with Crippen LogP contribution in [0.5, 0.6) is 0 Å². The molecule has 0 unspecified atom stereocenters. The van der Waals surface area contributed by atoms with Crippen molar-refractivity contribution < 1.29 is 9.50 Å². The summed E-state index contributed by atoms with van der Waals surface area (Å²) in [7, 11) is 0. The first-order valence-electron chi connectivity index (χ1n) is 5.11. The zero-order valence-corrected chi connectivity index (χ0v) is 10.2. The fraction of sp³-hybridized carbons (Fsp3) is 0.250. The normalized spacial score (nSPS) is 11.8. The van der Waals surface area contributed by atoms with Crippen LogP contribution in [0.3, 0.4) is 0 Å². The van der Waals surface area contributed by atoms with Crippen LogP contribution in [0.2, 0.25) is 5.02 Å². The summed E-state index contributed by atoms with van der Waals surface area (Å²) in [6, 6.07) is 4.29. The first-order chi connectivity index (χ1) is 7.88. The maximum absolute atomic E-state index is 13.6. The molecule has 17 heavy (non-hydrogen) atoms. The van der Waals surface area contributed by atoms with Gasteiger partial charge >= 0.3 is 0 Å². The maximum Gasteiger partial charge on any atom is 0.138 e. The van der Waals surface area contributed by atoms with E-state index in [1.165, 1.54) is 24.4 Å². The summed E-state index contributed by atoms with van der Waals surface area (Å²) in [5.41, 5.74) is -0.268. The smallest absolute Gasteiger partial charge is 0.138 e. The lowest BCUT2D eigenvalue weighted by molar-refractivity contribution is 0.0697. The van der Waals surface area contributed by atoms with Gasteiger partial charge in [-0.3, -0.25) is 0 Å². The van der Waals surface area contributed by atoms with Gasteiger partial charge in [-0.15, -0.1) is 0 Å². The number of nitrogens with one attached hydrogen (secondary N) is 1. The van der Waals surface area contributed by atoms with E-state index in [0.29, 0.717) is 22.1 Å². The first-order valence-corrected chi connectivity index (χ1v) is 5.49. The molecule has 1 aromatic carbocycles.